The summed E-state index contributed by atoms with van der Waals surface area (Å²) in [4.78, 5) is 0. The Balaban J connectivity index is 1.60. The van der Waals surface area contributed by atoms with Crippen LogP contribution in [0.15, 0.2) is 48.1 Å². The first-order valence-corrected chi connectivity index (χ1v) is 6.76. The molecule has 0 spiro atoms. The topological polar surface area (TPSA) is 30.5 Å². The van der Waals surface area contributed by atoms with E-state index < -0.39 is 0 Å². The van der Waals surface area contributed by atoms with Crippen molar-refractivity contribution in [3.05, 3.63) is 53.6 Å². The molecule has 1 saturated heterocycles. The standard InChI is InChI=1S/C16H19NO2/c1-12-3-2-4-15(11-12)17-14-7-5-13(6-8-14)16-18-9-10-19-16/h2-7,11,14,16-17H,8-10H2,1H3. The van der Waals surface area contributed by atoms with Gasteiger partial charge < -0.3 is 14.8 Å². The van der Waals surface area contributed by atoms with Crippen LogP contribution in [0.4, 0.5) is 5.69 Å². The Morgan fingerprint density at radius 3 is 2.74 bits per heavy atom. The van der Waals surface area contributed by atoms with E-state index in [1.54, 1.807) is 0 Å². The highest BCUT2D eigenvalue weighted by atomic mass is 16.7. The summed E-state index contributed by atoms with van der Waals surface area (Å²) in [5.74, 6) is 0. The molecule has 3 rings (SSSR count). The molecule has 1 unspecified atom stereocenters. The third kappa shape index (κ3) is 3.06. The summed E-state index contributed by atoms with van der Waals surface area (Å²) < 4.78 is 11.0. The molecule has 1 N–H and O–H groups in total. The molecule has 0 bridgehead atoms. The van der Waals surface area contributed by atoms with Crippen LogP contribution in [0.2, 0.25) is 0 Å². The number of anilines is 1. The van der Waals surface area contributed by atoms with E-state index in [1.165, 1.54) is 11.3 Å². The number of hydrogen-bond acceptors (Lipinski definition) is 3. The molecule has 1 atom stereocenters. The first kappa shape index (κ1) is 12.5. The normalized spacial score (nSPS) is 23.4. The summed E-state index contributed by atoms with van der Waals surface area (Å²) in [5.41, 5.74) is 3.58. The summed E-state index contributed by atoms with van der Waals surface area (Å²) in [5, 5.41) is 3.52. The number of nitrogens with one attached hydrogen (secondary N) is 1. The van der Waals surface area contributed by atoms with Crippen LogP contribution in [0.3, 0.4) is 0 Å². The summed E-state index contributed by atoms with van der Waals surface area (Å²) in [6.07, 6.45) is 7.29. The van der Waals surface area contributed by atoms with Gasteiger partial charge in [-0.2, -0.15) is 0 Å². The third-order valence-corrected chi connectivity index (χ3v) is 3.39. The van der Waals surface area contributed by atoms with Gasteiger partial charge in [-0.1, -0.05) is 30.4 Å². The van der Waals surface area contributed by atoms with Crippen molar-refractivity contribution in [2.24, 2.45) is 0 Å². The van der Waals surface area contributed by atoms with Crippen LogP contribution in [0.5, 0.6) is 0 Å². The van der Waals surface area contributed by atoms with Gasteiger partial charge in [-0.05, 0) is 31.0 Å². The number of aryl methyl sites for hydroxylation is 1. The lowest BCUT2D eigenvalue weighted by molar-refractivity contribution is -0.00874. The highest BCUT2D eigenvalue weighted by Crippen LogP contribution is 2.22. The van der Waals surface area contributed by atoms with Gasteiger partial charge in [-0.3, -0.25) is 0 Å². The van der Waals surface area contributed by atoms with Crippen LogP contribution < -0.4 is 5.32 Å². The van der Waals surface area contributed by atoms with Gasteiger partial charge >= 0.3 is 0 Å². The SMILES string of the molecule is Cc1cccc(NC2C=CC(C3OCCO3)=CC2)c1. The van der Waals surface area contributed by atoms with Gasteiger partial charge in [0.15, 0.2) is 6.29 Å². The highest BCUT2D eigenvalue weighted by molar-refractivity contribution is 5.48. The largest absolute Gasteiger partial charge is 0.379 e. The average molecular weight is 257 g/mol. The van der Waals surface area contributed by atoms with Crippen LogP contribution in [0, 0.1) is 6.92 Å². The van der Waals surface area contributed by atoms with E-state index in [2.05, 4.69) is 54.7 Å². The number of ether oxygens (including phenoxy) is 2. The van der Waals surface area contributed by atoms with E-state index in [1.807, 2.05) is 0 Å². The third-order valence-electron chi connectivity index (χ3n) is 3.39. The Labute approximate surface area is 113 Å². The van der Waals surface area contributed by atoms with Crippen LogP contribution >= 0.6 is 0 Å². The van der Waals surface area contributed by atoms with Gasteiger partial charge in [-0.25, -0.2) is 0 Å². The van der Waals surface area contributed by atoms with E-state index in [9.17, 15) is 0 Å². The van der Waals surface area contributed by atoms with Crippen LogP contribution in [-0.2, 0) is 9.47 Å². The molecular weight excluding hydrogens is 238 g/mol. The van der Waals surface area contributed by atoms with Crippen molar-refractivity contribution in [1.82, 2.24) is 0 Å². The van der Waals surface area contributed by atoms with Crippen LogP contribution in [0.25, 0.3) is 0 Å². The minimum atomic E-state index is -0.156. The van der Waals surface area contributed by atoms with Gasteiger partial charge in [0.05, 0.1) is 13.2 Å². The predicted octanol–water partition coefficient (Wildman–Crippen LogP) is 3.03. The summed E-state index contributed by atoms with van der Waals surface area (Å²) in [7, 11) is 0. The van der Waals surface area contributed by atoms with Crippen molar-refractivity contribution in [3.8, 4) is 0 Å². The van der Waals surface area contributed by atoms with E-state index >= 15 is 0 Å². The molecule has 100 valence electrons. The van der Waals surface area contributed by atoms with Crippen LogP contribution in [0.1, 0.15) is 12.0 Å². The first-order chi connectivity index (χ1) is 9.31. The predicted molar refractivity (Wildman–Crippen MR) is 76.1 cm³/mol. The van der Waals surface area contributed by atoms with E-state index in [-0.39, 0.29) is 6.29 Å². The Kier molecular flexibility index (Phi) is 3.67. The molecule has 0 amide bonds. The Hall–Kier alpha value is -1.58. The second kappa shape index (κ2) is 5.59. The van der Waals surface area contributed by atoms with Crippen molar-refractivity contribution in [1.29, 1.82) is 0 Å². The number of rotatable bonds is 3. The van der Waals surface area contributed by atoms with Crippen LogP contribution in [-0.4, -0.2) is 25.5 Å². The van der Waals surface area contributed by atoms with Gasteiger partial charge in [0.25, 0.3) is 0 Å². The fraction of sp³-hybridized carbons (Fsp3) is 0.375. The zero-order valence-corrected chi connectivity index (χ0v) is 11.1. The van der Waals surface area contributed by atoms with Crippen molar-refractivity contribution in [2.45, 2.75) is 25.7 Å². The van der Waals surface area contributed by atoms with Crippen molar-refractivity contribution in [3.63, 3.8) is 0 Å². The van der Waals surface area contributed by atoms with Gasteiger partial charge in [0, 0.05) is 17.3 Å². The highest BCUT2D eigenvalue weighted by Gasteiger charge is 2.21. The average Bonchev–Trinajstić information content (AvgIpc) is 2.94. The maximum atomic E-state index is 5.50. The quantitative estimate of drug-likeness (QED) is 0.902. The molecule has 1 aromatic rings. The smallest absolute Gasteiger partial charge is 0.183 e. The maximum absolute atomic E-state index is 5.50. The summed E-state index contributed by atoms with van der Waals surface area (Å²) in [6, 6.07) is 8.78. The zero-order chi connectivity index (χ0) is 13.1. The molecule has 0 saturated carbocycles. The van der Waals surface area contributed by atoms with Gasteiger partial charge in [0.1, 0.15) is 0 Å². The zero-order valence-electron chi connectivity index (χ0n) is 11.1. The molecule has 0 radical (unpaired) electrons. The molecule has 1 aromatic carbocycles. The van der Waals surface area contributed by atoms with Crippen molar-refractivity contribution < 1.29 is 9.47 Å². The molecular formula is C16H19NO2. The minimum Gasteiger partial charge on any atom is -0.379 e. The lowest BCUT2D eigenvalue weighted by Crippen LogP contribution is -2.20. The lowest BCUT2D eigenvalue weighted by atomic mass is 10.0. The monoisotopic (exact) mass is 257 g/mol. The Morgan fingerprint density at radius 1 is 1.21 bits per heavy atom. The molecule has 3 heteroatoms. The van der Waals surface area contributed by atoms with Crippen molar-refractivity contribution in [2.75, 3.05) is 18.5 Å². The minimum absolute atomic E-state index is 0.156. The summed E-state index contributed by atoms with van der Waals surface area (Å²) >= 11 is 0. The molecule has 1 heterocycles. The molecule has 1 aliphatic heterocycles. The molecule has 0 aromatic heterocycles. The summed E-state index contributed by atoms with van der Waals surface area (Å²) in [6.45, 7) is 3.50. The fourth-order valence-corrected chi connectivity index (χ4v) is 2.42. The van der Waals surface area contributed by atoms with Gasteiger partial charge in [0.2, 0.25) is 0 Å². The second-order valence-corrected chi connectivity index (χ2v) is 4.99. The second-order valence-electron chi connectivity index (χ2n) is 4.99. The Bertz CT molecular complexity index is 501. The maximum Gasteiger partial charge on any atom is 0.183 e. The number of benzene rings is 1. The molecule has 19 heavy (non-hydrogen) atoms. The van der Waals surface area contributed by atoms with E-state index in [0.29, 0.717) is 19.3 Å². The molecule has 2 aliphatic rings. The molecule has 3 nitrogen and oxygen atoms in total. The lowest BCUT2D eigenvalue weighted by Gasteiger charge is -2.21. The molecule has 1 aliphatic carbocycles. The molecule has 1 fully saturated rings. The first-order valence-electron chi connectivity index (χ1n) is 6.76. The number of hydrogen-bond donors (Lipinski definition) is 1. The fourth-order valence-electron chi connectivity index (χ4n) is 2.42. The van der Waals surface area contributed by atoms with E-state index in [4.69, 9.17) is 9.47 Å². The van der Waals surface area contributed by atoms with Crippen molar-refractivity contribution >= 4 is 5.69 Å². The van der Waals surface area contributed by atoms with E-state index in [0.717, 1.165) is 12.0 Å². The van der Waals surface area contributed by atoms with Gasteiger partial charge in [-0.15, -0.1) is 0 Å². The Morgan fingerprint density at radius 2 is 2.05 bits per heavy atom.